The van der Waals surface area contributed by atoms with Gasteiger partial charge in [-0.15, -0.1) is 11.3 Å². The van der Waals surface area contributed by atoms with E-state index in [4.69, 9.17) is 0 Å². The molecule has 144 valence electrons. The molecular weight excluding hydrogens is 356 g/mol. The number of thiophene rings is 1. The highest BCUT2D eigenvalue weighted by Crippen LogP contribution is 2.22. The summed E-state index contributed by atoms with van der Waals surface area (Å²) in [6.45, 7) is 7.07. The van der Waals surface area contributed by atoms with E-state index in [2.05, 4.69) is 59.6 Å². The van der Waals surface area contributed by atoms with E-state index in [0.717, 1.165) is 57.6 Å². The average Bonchev–Trinajstić information content (AvgIpc) is 3.44. The van der Waals surface area contributed by atoms with Crippen molar-refractivity contribution < 1.29 is 0 Å². The summed E-state index contributed by atoms with van der Waals surface area (Å²) in [7, 11) is 1.86. The number of hydrogen-bond donors (Lipinski definition) is 1. The molecule has 0 saturated carbocycles. The molecule has 1 N–H and O–H groups in total. The van der Waals surface area contributed by atoms with Crippen LogP contribution in [0.25, 0.3) is 0 Å². The second kappa shape index (κ2) is 8.61. The summed E-state index contributed by atoms with van der Waals surface area (Å²) in [6.07, 6.45) is 4.55. The lowest BCUT2D eigenvalue weighted by molar-refractivity contribution is 0.373. The molecule has 4 heterocycles. The van der Waals surface area contributed by atoms with E-state index in [9.17, 15) is 0 Å². The Morgan fingerprint density at radius 3 is 2.52 bits per heavy atom. The maximum atomic E-state index is 4.64. The molecule has 2 saturated heterocycles. The van der Waals surface area contributed by atoms with Crippen LogP contribution < -0.4 is 15.1 Å². The Hall–Kier alpha value is -2.28. The van der Waals surface area contributed by atoms with Crippen molar-refractivity contribution >= 4 is 28.1 Å². The van der Waals surface area contributed by atoms with E-state index in [-0.39, 0.29) is 0 Å². The third-order valence-electron chi connectivity index (χ3n) is 5.30. The fourth-order valence-electron chi connectivity index (χ4n) is 3.76. The van der Waals surface area contributed by atoms with Crippen molar-refractivity contribution in [3.8, 4) is 0 Å². The summed E-state index contributed by atoms with van der Waals surface area (Å²) in [5, 5.41) is 7.01. The predicted molar refractivity (Wildman–Crippen MR) is 114 cm³/mol. The summed E-state index contributed by atoms with van der Waals surface area (Å²) < 4.78 is 0. The van der Waals surface area contributed by atoms with E-state index < -0.39 is 0 Å². The molecule has 4 rings (SSSR count). The molecule has 6 nitrogen and oxygen atoms in total. The Kier molecular flexibility index (Phi) is 5.77. The molecular formula is C20H28N6S. The zero-order chi connectivity index (χ0) is 18.5. The van der Waals surface area contributed by atoms with Crippen LogP contribution >= 0.6 is 11.3 Å². The largest absolute Gasteiger partial charge is 0.360 e. The summed E-state index contributed by atoms with van der Waals surface area (Å²) >= 11 is 1.81. The molecule has 7 heteroatoms. The number of pyridine rings is 1. The van der Waals surface area contributed by atoms with Crippen LogP contribution in [0.1, 0.15) is 18.4 Å². The van der Waals surface area contributed by atoms with Gasteiger partial charge in [0.15, 0.2) is 5.96 Å². The van der Waals surface area contributed by atoms with E-state index in [1.165, 1.54) is 23.4 Å². The SMILES string of the molecule is CN=C(NCc1ccc(N2CCCC2)nc1)N1CCN(c2cccs2)CC1. The maximum absolute atomic E-state index is 4.64. The number of anilines is 2. The fraction of sp³-hybridized carbons (Fsp3) is 0.500. The summed E-state index contributed by atoms with van der Waals surface area (Å²) in [6, 6.07) is 8.64. The first-order chi connectivity index (χ1) is 13.3. The van der Waals surface area contributed by atoms with Crippen LogP contribution in [-0.2, 0) is 6.54 Å². The van der Waals surface area contributed by atoms with Gasteiger partial charge in [0, 0.05) is 59.1 Å². The fourth-order valence-corrected chi connectivity index (χ4v) is 4.54. The van der Waals surface area contributed by atoms with Crippen LogP contribution in [0.3, 0.4) is 0 Å². The number of aromatic nitrogens is 1. The molecule has 2 aromatic heterocycles. The van der Waals surface area contributed by atoms with Gasteiger partial charge in [-0.3, -0.25) is 4.99 Å². The molecule has 0 unspecified atom stereocenters. The van der Waals surface area contributed by atoms with Gasteiger partial charge in [-0.25, -0.2) is 4.98 Å². The lowest BCUT2D eigenvalue weighted by atomic mass is 10.2. The quantitative estimate of drug-likeness (QED) is 0.649. The third kappa shape index (κ3) is 4.35. The average molecular weight is 385 g/mol. The molecule has 0 bridgehead atoms. The monoisotopic (exact) mass is 384 g/mol. The highest BCUT2D eigenvalue weighted by atomic mass is 32.1. The van der Waals surface area contributed by atoms with Crippen molar-refractivity contribution in [2.45, 2.75) is 19.4 Å². The Balaban J connectivity index is 1.28. The van der Waals surface area contributed by atoms with Gasteiger partial charge in [0.2, 0.25) is 0 Å². The van der Waals surface area contributed by atoms with Crippen molar-refractivity contribution in [3.63, 3.8) is 0 Å². The van der Waals surface area contributed by atoms with Gasteiger partial charge in [0.25, 0.3) is 0 Å². The summed E-state index contributed by atoms with van der Waals surface area (Å²) in [4.78, 5) is 16.3. The second-order valence-corrected chi connectivity index (χ2v) is 7.97. The van der Waals surface area contributed by atoms with Gasteiger partial charge in [-0.05, 0) is 42.0 Å². The van der Waals surface area contributed by atoms with Gasteiger partial charge in [0.05, 0.1) is 5.00 Å². The van der Waals surface area contributed by atoms with E-state index in [0.29, 0.717) is 0 Å². The molecule has 0 radical (unpaired) electrons. The Morgan fingerprint density at radius 2 is 1.89 bits per heavy atom. The van der Waals surface area contributed by atoms with Gasteiger partial charge in [-0.1, -0.05) is 6.07 Å². The number of guanidine groups is 1. The number of nitrogens with zero attached hydrogens (tertiary/aromatic N) is 5. The number of piperazine rings is 1. The molecule has 2 fully saturated rings. The van der Waals surface area contributed by atoms with E-state index in [1.807, 2.05) is 24.6 Å². The van der Waals surface area contributed by atoms with E-state index >= 15 is 0 Å². The topological polar surface area (TPSA) is 47.0 Å². The predicted octanol–water partition coefficient (Wildman–Crippen LogP) is 2.64. The first-order valence-electron chi connectivity index (χ1n) is 9.77. The number of aliphatic imine (C=N–C) groups is 1. The van der Waals surface area contributed by atoms with Crippen molar-refractivity contribution in [3.05, 3.63) is 41.4 Å². The van der Waals surface area contributed by atoms with Crippen LogP contribution in [0.15, 0.2) is 40.8 Å². The number of nitrogens with one attached hydrogen (secondary N) is 1. The molecule has 27 heavy (non-hydrogen) atoms. The Labute approximate surface area is 165 Å². The lowest BCUT2D eigenvalue weighted by Gasteiger charge is -2.37. The first-order valence-corrected chi connectivity index (χ1v) is 10.7. The third-order valence-corrected chi connectivity index (χ3v) is 6.23. The highest BCUT2D eigenvalue weighted by Gasteiger charge is 2.20. The minimum absolute atomic E-state index is 0.755. The summed E-state index contributed by atoms with van der Waals surface area (Å²) in [5.41, 5.74) is 1.19. The van der Waals surface area contributed by atoms with Crippen molar-refractivity contribution in [1.29, 1.82) is 0 Å². The van der Waals surface area contributed by atoms with Crippen molar-refractivity contribution in [2.75, 3.05) is 56.1 Å². The first kappa shape index (κ1) is 18.1. The van der Waals surface area contributed by atoms with Gasteiger partial charge in [-0.2, -0.15) is 0 Å². The van der Waals surface area contributed by atoms with Crippen LogP contribution in [0.4, 0.5) is 10.8 Å². The molecule has 0 atom stereocenters. The minimum atomic E-state index is 0.755. The highest BCUT2D eigenvalue weighted by molar-refractivity contribution is 7.14. The Bertz CT molecular complexity index is 728. The second-order valence-electron chi connectivity index (χ2n) is 7.04. The van der Waals surface area contributed by atoms with Crippen LogP contribution in [0.5, 0.6) is 0 Å². The smallest absolute Gasteiger partial charge is 0.194 e. The Morgan fingerprint density at radius 1 is 1.07 bits per heavy atom. The van der Waals surface area contributed by atoms with Gasteiger partial charge in [0.1, 0.15) is 5.82 Å². The standard InChI is InChI=1S/C20H28N6S/c1-21-20(26-12-10-25(11-13-26)19-5-4-14-27-19)23-16-17-6-7-18(22-15-17)24-8-2-3-9-24/h4-7,14-15H,2-3,8-13,16H2,1H3,(H,21,23). The molecule has 2 aliphatic heterocycles. The van der Waals surface area contributed by atoms with Crippen molar-refractivity contribution in [1.82, 2.24) is 15.2 Å². The molecule has 2 aromatic rings. The zero-order valence-corrected chi connectivity index (χ0v) is 16.8. The maximum Gasteiger partial charge on any atom is 0.194 e. The molecule has 0 amide bonds. The normalized spacial score (nSPS) is 18.3. The molecule has 0 aliphatic carbocycles. The van der Waals surface area contributed by atoms with E-state index in [1.54, 1.807) is 0 Å². The molecule has 0 spiro atoms. The minimum Gasteiger partial charge on any atom is -0.360 e. The number of hydrogen-bond acceptors (Lipinski definition) is 5. The number of rotatable bonds is 4. The van der Waals surface area contributed by atoms with Crippen LogP contribution in [0.2, 0.25) is 0 Å². The summed E-state index contributed by atoms with van der Waals surface area (Å²) in [5.74, 6) is 2.08. The van der Waals surface area contributed by atoms with Crippen molar-refractivity contribution in [2.24, 2.45) is 4.99 Å². The van der Waals surface area contributed by atoms with Crippen LogP contribution in [0, 0.1) is 0 Å². The molecule has 2 aliphatic rings. The lowest BCUT2D eigenvalue weighted by Crippen LogP contribution is -2.52. The van der Waals surface area contributed by atoms with Gasteiger partial charge >= 0.3 is 0 Å². The van der Waals surface area contributed by atoms with Gasteiger partial charge < -0.3 is 20.0 Å². The van der Waals surface area contributed by atoms with Crippen LogP contribution in [-0.4, -0.2) is 62.2 Å². The molecule has 0 aromatic carbocycles. The zero-order valence-electron chi connectivity index (χ0n) is 16.0.